The third kappa shape index (κ3) is 5.68. The quantitative estimate of drug-likeness (QED) is 0.242. The van der Waals surface area contributed by atoms with Crippen molar-refractivity contribution in [2.45, 2.75) is 70.1 Å². The molecule has 0 bridgehead atoms. The standard InChI is InChI=1S/C26H29F4N7O2S/c1-4-14-10-19(21(27)13(2)37(14)3)33-17-7-5-6-15-16(11-26(28,29)30)23(40-22(15)17)24-34-20(39-36-24)12-31-25(38)18-8-9-32-35-18/h5-9,13-14,19,21,33H,4,10-12H2,1-3H3,(H,31,38)(H,32,35). The number of hydrogen-bond donors (Lipinski definition) is 3. The van der Waals surface area contributed by atoms with Crippen LogP contribution >= 0.6 is 11.3 Å². The molecule has 9 nitrogen and oxygen atoms in total. The third-order valence-electron chi connectivity index (χ3n) is 7.41. The Balaban J connectivity index is 1.46. The number of amides is 1. The number of thiophene rings is 1. The Kier molecular flexibility index (Phi) is 7.82. The highest BCUT2D eigenvalue weighted by atomic mass is 32.1. The van der Waals surface area contributed by atoms with E-state index in [1.54, 1.807) is 18.2 Å². The summed E-state index contributed by atoms with van der Waals surface area (Å²) in [6, 6.07) is 5.91. The zero-order valence-electron chi connectivity index (χ0n) is 22.1. The highest BCUT2D eigenvalue weighted by molar-refractivity contribution is 7.23. The van der Waals surface area contributed by atoms with Gasteiger partial charge < -0.3 is 15.2 Å². The number of aromatic amines is 1. The summed E-state index contributed by atoms with van der Waals surface area (Å²) in [5.41, 5.74) is 0.813. The van der Waals surface area contributed by atoms with E-state index in [1.807, 2.05) is 18.9 Å². The molecule has 4 heterocycles. The number of carbonyl (C=O) groups excluding carboxylic acids is 1. The van der Waals surface area contributed by atoms with Crippen molar-refractivity contribution in [2.75, 3.05) is 12.4 Å². The van der Waals surface area contributed by atoms with Crippen LogP contribution in [0.3, 0.4) is 0 Å². The number of H-pyrrole nitrogens is 1. The van der Waals surface area contributed by atoms with Crippen molar-refractivity contribution in [3.8, 4) is 10.7 Å². The molecule has 214 valence electrons. The van der Waals surface area contributed by atoms with E-state index in [2.05, 4.69) is 37.9 Å². The van der Waals surface area contributed by atoms with Crippen molar-refractivity contribution in [3.05, 3.63) is 47.6 Å². The van der Waals surface area contributed by atoms with Crippen LogP contribution in [0.25, 0.3) is 20.8 Å². The number of nitrogens with zero attached hydrogens (tertiary/aromatic N) is 4. The first-order valence-corrected chi connectivity index (χ1v) is 13.7. The van der Waals surface area contributed by atoms with E-state index < -0.39 is 30.7 Å². The first-order chi connectivity index (χ1) is 19.1. The van der Waals surface area contributed by atoms with Gasteiger partial charge in [-0.05, 0) is 49.9 Å². The van der Waals surface area contributed by atoms with E-state index in [1.165, 1.54) is 12.3 Å². The number of anilines is 1. The average Bonchev–Trinajstić information content (AvgIpc) is 3.68. The Labute approximate surface area is 231 Å². The van der Waals surface area contributed by atoms with Crippen molar-refractivity contribution in [2.24, 2.45) is 0 Å². The second-order valence-corrected chi connectivity index (χ2v) is 11.0. The molecule has 1 aliphatic rings. The summed E-state index contributed by atoms with van der Waals surface area (Å²) in [6.07, 6.45) is -3.98. The smallest absolute Gasteiger partial charge is 0.378 e. The van der Waals surface area contributed by atoms with E-state index in [0.717, 1.165) is 17.8 Å². The molecule has 0 radical (unpaired) electrons. The Bertz CT molecular complexity index is 1470. The van der Waals surface area contributed by atoms with Gasteiger partial charge in [0.15, 0.2) is 0 Å². The van der Waals surface area contributed by atoms with Gasteiger partial charge in [0.1, 0.15) is 11.9 Å². The molecule has 40 heavy (non-hydrogen) atoms. The van der Waals surface area contributed by atoms with Gasteiger partial charge in [0.05, 0.1) is 34.3 Å². The molecule has 0 spiro atoms. The Hall–Kier alpha value is -3.52. The predicted molar refractivity (Wildman–Crippen MR) is 143 cm³/mol. The van der Waals surface area contributed by atoms with Gasteiger partial charge in [-0.3, -0.25) is 14.8 Å². The monoisotopic (exact) mass is 579 g/mol. The van der Waals surface area contributed by atoms with E-state index >= 15 is 4.39 Å². The number of rotatable bonds is 8. The normalized spacial score (nSPS) is 22.1. The summed E-state index contributed by atoms with van der Waals surface area (Å²) >= 11 is 1.10. The van der Waals surface area contributed by atoms with E-state index in [-0.39, 0.29) is 46.5 Å². The Morgan fingerprint density at radius 3 is 2.80 bits per heavy atom. The summed E-state index contributed by atoms with van der Waals surface area (Å²) < 4.78 is 62.2. The number of nitrogens with one attached hydrogen (secondary N) is 3. The molecular weight excluding hydrogens is 550 g/mol. The van der Waals surface area contributed by atoms with Gasteiger partial charge >= 0.3 is 6.18 Å². The molecule has 0 aliphatic carbocycles. The maximum atomic E-state index is 15.4. The molecule has 1 amide bonds. The Morgan fingerprint density at radius 1 is 1.30 bits per heavy atom. The summed E-state index contributed by atoms with van der Waals surface area (Å²) in [6.45, 7) is 3.78. The van der Waals surface area contributed by atoms with Gasteiger partial charge in [-0.15, -0.1) is 11.3 Å². The zero-order chi connectivity index (χ0) is 28.6. The number of likely N-dealkylation sites (tertiary alicyclic amines) is 1. The second-order valence-electron chi connectivity index (χ2n) is 9.95. The molecule has 0 saturated carbocycles. The number of hydrogen-bond acceptors (Lipinski definition) is 8. The van der Waals surface area contributed by atoms with Crippen LogP contribution < -0.4 is 10.6 Å². The largest absolute Gasteiger partial charge is 0.393 e. The molecule has 14 heteroatoms. The number of alkyl halides is 4. The molecular formula is C26H29F4N7O2S. The number of piperidine rings is 1. The molecule has 4 aromatic rings. The first kappa shape index (κ1) is 28.0. The van der Waals surface area contributed by atoms with Crippen molar-refractivity contribution >= 4 is 33.0 Å². The van der Waals surface area contributed by atoms with Crippen molar-refractivity contribution in [1.29, 1.82) is 0 Å². The molecule has 3 aromatic heterocycles. The van der Waals surface area contributed by atoms with Gasteiger partial charge in [-0.2, -0.15) is 23.3 Å². The number of carbonyl (C=O) groups is 1. The molecule has 5 rings (SSSR count). The maximum Gasteiger partial charge on any atom is 0.393 e. The number of halogens is 4. The summed E-state index contributed by atoms with van der Waals surface area (Å²) in [4.78, 5) is 18.7. The number of fused-ring (bicyclic) bond motifs is 1. The van der Waals surface area contributed by atoms with E-state index in [4.69, 9.17) is 4.52 Å². The lowest BCUT2D eigenvalue weighted by molar-refractivity contribution is -0.126. The van der Waals surface area contributed by atoms with Crippen LogP contribution in [0, 0.1) is 0 Å². The number of benzene rings is 1. The SMILES string of the molecule is CCC1CC(Nc2cccc3c(CC(F)(F)F)c(-c4noc(CNC(=O)c5ccn[nH]5)n4)sc23)C(F)C(C)N1C. The summed E-state index contributed by atoms with van der Waals surface area (Å²) in [7, 11) is 1.92. The Morgan fingerprint density at radius 2 is 2.10 bits per heavy atom. The zero-order valence-corrected chi connectivity index (χ0v) is 22.9. The summed E-state index contributed by atoms with van der Waals surface area (Å²) in [5.74, 6) is -0.436. The fraction of sp³-hybridized carbons (Fsp3) is 0.462. The van der Waals surface area contributed by atoms with Gasteiger partial charge in [-0.1, -0.05) is 24.2 Å². The molecule has 1 fully saturated rings. The molecule has 4 unspecified atom stereocenters. The number of aromatic nitrogens is 4. The van der Waals surface area contributed by atoms with Crippen LogP contribution in [0.2, 0.25) is 0 Å². The maximum absolute atomic E-state index is 15.4. The van der Waals surface area contributed by atoms with Crippen molar-refractivity contribution < 1.29 is 26.9 Å². The first-order valence-electron chi connectivity index (χ1n) is 12.9. The van der Waals surface area contributed by atoms with Gasteiger partial charge in [0.2, 0.25) is 11.7 Å². The molecule has 1 saturated heterocycles. The van der Waals surface area contributed by atoms with Crippen molar-refractivity contribution in [1.82, 2.24) is 30.6 Å². The minimum atomic E-state index is -4.49. The lowest BCUT2D eigenvalue weighted by atomic mass is 9.89. The van der Waals surface area contributed by atoms with Gasteiger partial charge in [0.25, 0.3) is 5.91 Å². The lowest BCUT2D eigenvalue weighted by Crippen LogP contribution is -2.56. The van der Waals surface area contributed by atoms with Crippen LogP contribution in [-0.2, 0) is 13.0 Å². The van der Waals surface area contributed by atoms with Crippen LogP contribution in [0.5, 0.6) is 0 Å². The van der Waals surface area contributed by atoms with E-state index in [9.17, 15) is 18.0 Å². The average molecular weight is 580 g/mol. The summed E-state index contributed by atoms with van der Waals surface area (Å²) in [5, 5.41) is 16.4. The van der Waals surface area contributed by atoms with Crippen molar-refractivity contribution in [3.63, 3.8) is 0 Å². The van der Waals surface area contributed by atoms with Gasteiger partial charge in [0, 0.05) is 18.3 Å². The van der Waals surface area contributed by atoms with Crippen LogP contribution in [-0.4, -0.2) is 68.7 Å². The highest BCUT2D eigenvalue weighted by Gasteiger charge is 2.39. The molecule has 1 aromatic carbocycles. The predicted octanol–water partition coefficient (Wildman–Crippen LogP) is 5.33. The van der Waals surface area contributed by atoms with Crippen LogP contribution in [0.1, 0.15) is 48.6 Å². The fourth-order valence-corrected chi connectivity index (χ4v) is 6.39. The lowest BCUT2D eigenvalue weighted by Gasteiger charge is -2.44. The van der Waals surface area contributed by atoms with Crippen LogP contribution in [0.15, 0.2) is 35.0 Å². The third-order valence-corrected chi connectivity index (χ3v) is 8.69. The highest BCUT2D eigenvalue weighted by Crippen LogP contribution is 2.44. The topological polar surface area (TPSA) is 112 Å². The minimum absolute atomic E-state index is 0.0143. The molecule has 4 atom stereocenters. The fourth-order valence-electron chi connectivity index (χ4n) is 5.17. The van der Waals surface area contributed by atoms with Gasteiger partial charge in [-0.25, -0.2) is 4.39 Å². The van der Waals surface area contributed by atoms with E-state index in [0.29, 0.717) is 22.2 Å². The minimum Gasteiger partial charge on any atom is -0.378 e. The molecule has 1 aliphatic heterocycles. The van der Waals surface area contributed by atoms with Crippen LogP contribution in [0.4, 0.5) is 23.2 Å². The second kappa shape index (κ2) is 11.2. The molecule has 3 N–H and O–H groups in total.